The summed E-state index contributed by atoms with van der Waals surface area (Å²) in [5.41, 5.74) is 3.00. The van der Waals surface area contributed by atoms with Crippen LogP contribution >= 0.6 is 22.7 Å². The number of aromatic nitrogens is 4. The molecule has 1 fully saturated rings. The Morgan fingerprint density at radius 3 is 2.51 bits per heavy atom. The van der Waals surface area contributed by atoms with Crippen molar-refractivity contribution >= 4 is 40.3 Å². The smallest absolute Gasteiger partial charge is 0.276 e. The molecule has 0 atom stereocenters. The highest BCUT2D eigenvalue weighted by Crippen LogP contribution is 2.32. The summed E-state index contributed by atoms with van der Waals surface area (Å²) in [7, 11) is 1.80. The van der Waals surface area contributed by atoms with Crippen LogP contribution in [0.4, 0.5) is 5.82 Å². The number of nitrogens with zero attached hydrogens (tertiary/aromatic N) is 5. The van der Waals surface area contributed by atoms with Crippen LogP contribution in [0.3, 0.4) is 0 Å². The molecule has 180 valence electrons. The Bertz CT molecular complexity index is 1370. The molecule has 4 heterocycles. The van der Waals surface area contributed by atoms with E-state index in [9.17, 15) is 9.59 Å². The number of hydrogen-bond acceptors (Lipinski definition) is 7. The second-order valence-corrected chi connectivity index (χ2v) is 10.7. The summed E-state index contributed by atoms with van der Waals surface area (Å²) in [5.74, 6) is 0.677. The minimum atomic E-state index is -0.251. The zero-order chi connectivity index (χ0) is 24.5. The zero-order valence-electron chi connectivity index (χ0n) is 19.8. The summed E-state index contributed by atoms with van der Waals surface area (Å²) in [5, 5.41) is 11.1. The van der Waals surface area contributed by atoms with Crippen molar-refractivity contribution < 1.29 is 9.59 Å². The van der Waals surface area contributed by atoms with Gasteiger partial charge in [-0.1, -0.05) is 30.3 Å². The molecule has 0 spiro atoms. The first-order chi connectivity index (χ1) is 16.9. The first-order valence-corrected chi connectivity index (χ1v) is 13.2. The summed E-state index contributed by atoms with van der Waals surface area (Å²) in [4.78, 5) is 37.4. The fourth-order valence-corrected chi connectivity index (χ4v) is 6.16. The fourth-order valence-electron chi connectivity index (χ4n) is 4.30. The SMILES string of the molecule is Cc1nc(C)c(C(=O)N2CCC(c3nc(C(=O)Nc4cc(-c5ccccc5)nn4C)cs3)CC2)s1. The number of amides is 2. The molecule has 3 aromatic heterocycles. The van der Waals surface area contributed by atoms with Crippen molar-refractivity contribution in [3.05, 3.63) is 68.1 Å². The average Bonchev–Trinajstić information content (AvgIpc) is 3.58. The van der Waals surface area contributed by atoms with E-state index in [0.717, 1.165) is 44.7 Å². The van der Waals surface area contributed by atoms with Gasteiger partial charge < -0.3 is 10.2 Å². The van der Waals surface area contributed by atoms with Gasteiger partial charge in [-0.3, -0.25) is 14.3 Å². The van der Waals surface area contributed by atoms with Gasteiger partial charge in [-0.25, -0.2) is 9.97 Å². The Morgan fingerprint density at radius 2 is 1.83 bits per heavy atom. The summed E-state index contributed by atoms with van der Waals surface area (Å²) >= 11 is 2.97. The summed E-state index contributed by atoms with van der Waals surface area (Å²) in [6, 6.07) is 11.7. The molecule has 0 saturated carbocycles. The lowest BCUT2D eigenvalue weighted by molar-refractivity contribution is 0.0717. The van der Waals surface area contributed by atoms with Gasteiger partial charge in [0.15, 0.2) is 0 Å². The van der Waals surface area contributed by atoms with Gasteiger partial charge >= 0.3 is 0 Å². The molecule has 8 nitrogen and oxygen atoms in total. The number of benzene rings is 1. The van der Waals surface area contributed by atoms with E-state index >= 15 is 0 Å². The van der Waals surface area contributed by atoms with Crippen molar-refractivity contribution in [1.29, 1.82) is 0 Å². The lowest BCUT2D eigenvalue weighted by atomic mass is 9.97. The quantitative estimate of drug-likeness (QED) is 0.416. The van der Waals surface area contributed by atoms with E-state index in [-0.39, 0.29) is 17.7 Å². The normalized spacial score (nSPS) is 14.3. The third-order valence-electron chi connectivity index (χ3n) is 6.17. The van der Waals surface area contributed by atoms with E-state index < -0.39 is 0 Å². The van der Waals surface area contributed by atoms with Gasteiger partial charge in [0.25, 0.3) is 11.8 Å². The molecule has 2 amide bonds. The van der Waals surface area contributed by atoms with Gasteiger partial charge in [0, 0.05) is 43.1 Å². The first-order valence-electron chi connectivity index (χ1n) is 11.5. The summed E-state index contributed by atoms with van der Waals surface area (Å²) in [6.45, 7) is 5.17. The van der Waals surface area contributed by atoms with Crippen LogP contribution in [-0.2, 0) is 7.05 Å². The predicted octanol–water partition coefficient (Wildman–Crippen LogP) is 4.89. The van der Waals surface area contributed by atoms with Gasteiger partial charge in [-0.2, -0.15) is 5.10 Å². The monoisotopic (exact) mass is 506 g/mol. The number of anilines is 1. The van der Waals surface area contributed by atoms with Crippen molar-refractivity contribution in [3.8, 4) is 11.3 Å². The van der Waals surface area contributed by atoms with Crippen molar-refractivity contribution in [2.75, 3.05) is 18.4 Å². The molecular weight excluding hydrogens is 480 g/mol. The van der Waals surface area contributed by atoms with Crippen LogP contribution in [0, 0.1) is 13.8 Å². The number of thiazole rings is 2. The van der Waals surface area contributed by atoms with E-state index in [1.54, 1.807) is 17.1 Å². The number of aryl methyl sites for hydroxylation is 3. The minimum absolute atomic E-state index is 0.0665. The minimum Gasteiger partial charge on any atom is -0.338 e. The highest BCUT2D eigenvalue weighted by Gasteiger charge is 2.28. The highest BCUT2D eigenvalue weighted by molar-refractivity contribution is 7.13. The molecule has 1 N–H and O–H groups in total. The molecule has 35 heavy (non-hydrogen) atoms. The standard InChI is InChI=1S/C25H26N6O2S2/c1-15-22(35-16(2)26-15)25(33)31-11-9-18(10-12-31)24-27-20(14-34-24)23(32)28-21-13-19(29-30(21)3)17-7-5-4-6-8-17/h4-8,13-14,18H,9-12H2,1-3H3,(H,28,32). The maximum absolute atomic E-state index is 12.9. The van der Waals surface area contributed by atoms with E-state index in [4.69, 9.17) is 0 Å². The maximum Gasteiger partial charge on any atom is 0.276 e. The van der Waals surface area contributed by atoms with Crippen molar-refractivity contribution in [2.45, 2.75) is 32.6 Å². The van der Waals surface area contributed by atoms with Crippen molar-refractivity contribution in [2.24, 2.45) is 7.05 Å². The molecule has 5 rings (SSSR count). The molecule has 1 saturated heterocycles. The van der Waals surface area contributed by atoms with Crippen molar-refractivity contribution in [3.63, 3.8) is 0 Å². The Kier molecular flexibility index (Phi) is 6.48. The Hall–Kier alpha value is -3.37. The number of piperidine rings is 1. The highest BCUT2D eigenvalue weighted by atomic mass is 32.1. The zero-order valence-corrected chi connectivity index (χ0v) is 21.4. The van der Waals surface area contributed by atoms with Crippen LogP contribution in [0.15, 0.2) is 41.8 Å². The van der Waals surface area contributed by atoms with Gasteiger partial charge in [-0.05, 0) is 26.7 Å². The average molecular weight is 507 g/mol. The summed E-state index contributed by atoms with van der Waals surface area (Å²) < 4.78 is 1.66. The van der Waals surface area contributed by atoms with Gasteiger partial charge in [-0.15, -0.1) is 22.7 Å². The molecule has 0 aliphatic carbocycles. The number of hydrogen-bond donors (Lipinski definition) is 1. The molecular formula is C25H26N6O2S2. The second kappa shape index (κ2) is 9.71. The maximum atomic E-state index is 12.9. The van der Waals surface area contributed by atoms with Crippen LogP contribution in [0.25, 0.3) is 11.3 Å². The first kappa shape index (κ1) is 23.4. The number of nitrogens with one attached hydrogen (secondary N) is 1. The number of rotatable bonds is 5. The number of carbonyl (C=O) groups is 2. The van der Waals surface area contributed by atoms with Crippen LogP contribution in [-0.4, -0.2) is 49.6 Å². The Morgan fingerprint density at radius 1 is 1.09 bits per heavy atom. The van der Waals surface area contributed by atoms with Crippen LogP contribution in [0.5, 0.6) is 0 Å². The summed E-state index contributed by atoms with van der Waals surface area (Å²) in [6.07, 6.45) is 1.67. The molecule has 0 radical (unpaired) electrons. The number of carbonyl (C=O) groups excluding carboxylic acids is 2. The molecule has 0 bridgehead atoms. The third-order valence-corrected chi connectivity index (χ3v) is 8.24. The van der Waals surface area contributed by atoms with Gasteiger partial charge in [0.2, 0.25) is 0 Å². The topological polar surface area (TPSA) is 93.0 Å². The van der Waals surface area contributed by atoms with Gasteiger partial charge in [0.1, 0.15) is 16.4 Å². The molecule has 0 unspecified atom stereocenters. The Balaban J connectivity index is 1.21. The third kappa shape index (κ3) is 4.89. The van der Waals surface area contributed by atoms with Crippen LogP contribution in [0.1, 0.15) is 54.6 Å². The van der Waals surface area contributed by atoms with Gasteiger partial charge in [0.05, 0.1) is 21.4 Å². The van der Waals surface area contributed by atoms with E-state index in [1.807, 2.05) is 55.1 Å². The van der Waals surface area contributed by atoms with E-state index in [2.05, 4.69) is 20.4 Å². The molecule has 1 aromatic carbocycles. The molecule has 4 aromatic rings. The largest absolute Gasteiger partial charge is 0.338 e. The van der Waals surface area contributed by atoms with Crippen LogP contribution < -0.4 is 5.32 Å². The van der Waals surface area contributed by atoms with Crippen LogP contribution in [0.2, 0.25) is 0 Å². The molecule has 10 heteroatoms. The molecule has 1 aliphatic heterocycles. The second-order valence-electron chi connectivity index (χ2n) is 8.64. The van der Waals surface area contributed by atoms with Crippen molar-refractivity contribution in [1.82, 2.24) is 24.6 Å². The predicted molar refractivity (Wildman–Crippen MR) is 138 cm³/mol. The Labute approximate surface area is 211 Å². The fraction of sp³-hybridized carbons (Fsp3) is 0.320. The number of likely N-dealkylation sites (tertiary alicyclic amines) is 1. The lowest BCUT2D eigenvalue weighted by Crippen LogP contribution is -2.37. The van der Waals surface area contributed by atoms with E-state index in [1.165, 1.54) is 22.7 Å². The van der Waals surface area contributed by atoms with E-state index in [0.29, 0.717) is 24.6 Å². The lowest BCUT2D eigenvalue weighted by Gasteiger charge is -2.30. The molecule has 1 aliphatic rings.